The Morgan fingerprint density at radius 1 is 0.300 bits per heavy atom. The van der Waals surface area contributed by atoms with Crippen LogP contribution in [0.1, 0.15) is 323 Å². The molecule has 6 heteroatoms. The van der Waals surface area contributed by atoms with Crippen LogP contribution in [0.5, 0.6) is 0 Å². The van der Waals surface area contributed by atoms with Crippen LogP contribution in [0.25, 0.3) is 0 Å². The zero-order valence-electron chi connectivity index (χ0n) is 46.8. The molecule has 0 radical (unpaired) electrons. The molecule has 0 rings (SSSR count). The van der Waals surface area contributed by atoms with Gasteiger partial charge in [-0.15, -0.1) is 0 Å². The maximum absolute atomic E-state index is 12.8. The van der Waals surface area contributed by atoms with Crippen molar-refractivity contribution in [1.82, 2.24) is 0 Å². The van der Waals surface area contributed by atoms with Crippen LogP contribution >= 0.6 is 0 Å². The molecule has 408 valence electrons. The van der Waals surface area contributed by atoms with E-state index in [0.717, 1.165) is 96.3 Å². The van der Waals surface area contributed by atoms with Crippen molar-refractivity contribution in [3.63, 3.8) is 0 Å². The second kappa shape index (κ2) is 58.9. The highest BCUT2D eigenvalue weighted by molar-refractivity contribution is 5.71. The summed E-state index contributed by atoms with van der Waals surface area (Å²) in [7, 11) is 0. The summed E-state index contributed by atoms with van der Waals surface area (Å²) >= 11 is 0. The van der Waals surface area contributed by atoms with Gasteiger partial charge < -0.3 is 14.2 Å². The van der Waals surface area contributed by atoms with Gasteiger partial charge >= 0.3 is 17.9 Å². The van der Waals surface area contributed by atoms with Gasteiger partial charge in [0, 0.05) is 19.3 Å². The van der Waals surface area contributed by atoms with Gasteiger partial charge in [-0.1, -0.05) is 294 Å². The highest BCUT2D eigenvalue weighted by Gasteiger charge is 2.19. The molecular formula is C64H116O6. The van der Waals surface area contributed by atoms with Gasteiger partial charge in [-0.3, -0.25) is 14.4 Å². The van der Waals surface area contributed by atoms with Crippen LogP contribution in [0.15, 0.2) is 48.6 Å². The van der Waals surface area contributed by atoms with Crippen LogP contribution in [-0.4, -0.2) is 37.2 Å². The predicted octanol–water partition coefficient (Wildman–Crippen LogP) is 20.6. The minimum atomic E-state index is -0.782. The number of carbonyl (C=O) groups excluding carboxylic acids is 3. The molecule has 0 aromatic heterocycles. The molecule has 0 bridgehead atoms. The smallest absolute Gasteiger partial charge is 0.306 e. The third kappa shape index (κ3) is 56.3. The van der Waals surface area contributed by atoms with E-state index in [9.17, 15) is 14.4 Å². The fraction of sp³-hybridized carbons (Fsp3) is 0.828. The summed E-state index contributed by atoms with van der Waals surface area (Å²) in [5.74, 6) is -0.890. The molecule has 0 heterocycles. The third-order valence-corrected chi connectivity index (χ3v) is 13.6. The van der Waals surface area contributed by atoms with Crippen molar-refractivity contribution in [2.24, 2.45) is 0 Å². The van der Waals surface area contributed by atoms with Crippen LogP contribution in [0.3, 0.4) is 0 Å². The molecule has 0 N–H and O–H groups in total. The molecule has 0 saturated carbocycles. The summed E-state index contributed by atoms with van der Waals surface area (Å²) in [5, 5.41) is 0. The molecule has 1 atom stereocenters. The van der Waals surface area contributed by atoms with Crippen molar-refractivity contribution < 1.29 is 28.6 Å². The Morgan fingerprint density at radius 2 is 0.557 bits per heavy atom. The first-order valence-electron chi connectivity index (χ1n) is 30.6. The summed E-state index contributed by atoms with van der Waals surface area (Å²) in [5.41, 5.74) is 0. The highest BCUT2D eigenvalue weighted by Crippen LogP contribution is 2.17. The molecule has 0 spiro atoms. The molecule has 0 fully saturated rings. The van der Waals surface area contributed by atoms with Gasteiger partial charge in [-0.2, -0.15) is 0 Å². The first-order chi connectivity index (χ1) is 34.5. The van der Waals surface area contributed by atoms with E-state index >= 15 is 0 Å². The largest absolute Gasteiger partial charge is 0.462 e. The highest BCUT2D eigenvalue weighted by atomic mass is 16.6. The van der Waals surface area contributed by atoms with Crippen LogP contribution in [0.2, 0.25) is 0 Å². The summed E-state index contributed by atoms with van der Waals surface area (Å²) < 4.78 is 16.8. The Labute approximate surface area is 435 Å². The van der Waals surface area contributed by atoms with Gasteiger partial charge in [0.2, 0.25) is 0 Å². The fourth-order valence-corrected chi connectivity index (χ4v) is 9.02. The van der Waals surface area contributed by atoms with E-state index in [4.69, 9.17) is 14.2 Å². The van der Waals surface area contributed by atoms with E-state index in [2.05, 4.69) is 69.4 Å². The van der Waals surface area contributed by atoms with E-state index in [1.54, 1.807) is 0 Å². The third-order valence-electron chi connectivity index (χ3n) is 13.6. The number of allylic oxidation sites excluding steroid dienone is 8. The van der Waals surface area contributed by atoms with Crippen molar-refractivity contribution in [2.75, 3.05) is 13.2 Å². The van der Waals surface area contributed by atoms with Crippen LogP contribution in [0.4, 0.5) is 0 Å². The lowest BCUT2D eigenvalue weighted by Crippen LogP contribution is -2.30. The topological polar surface area (TPSA) is 78.9 Å². The minimum Gasteiger partial charge on any atom is -0.462 e. The number of esters is 3. The van der Waals surface area contributed by atoms with E-state index in [1.165, 1.54) is 186 Å². The number of hydrogen-bond donors (Lipinski definition) is 0. The van der Waals surface area contributed by atoms with Crippen molar-refractivity contribution in [1.29, 1.82) is 0 Å². The number of ether oxygens (including phenoxy) is 3. The quantitative estimate of drug-likeness (QED) is 0.0261. The number of carbonyl (C=O) groups is 3. The van der Waals surface area contributed by atoms with Gasteiger partial charge in [-0.25, -0.2) is 0 Å². The SMILES string of the molecule is CC/C=C\C/C=C\C/C=C\C/C=C\CCCCCCC(=O)OC(COC(=O)CCCCCCCCCCC)COC(=O)CCCCCCCCCCCCCCCCCCCCCCCCCCCC. The molecule has 0 saturated heterocycles. The molecule has 0 aromatic carbocycles. The Bertz CT molecular complexity index is 1220. The average Bonchev–Trinajstić information content (AvgIpc) is 3.36. The molecular weight excluding hydrogens is 865 g/mol. The summed E-state index contributed by atoms with van der Waals surface area (Å²) in [6.07, 6.45) is 72.8. The molecule has 0 aliphatic heterocycles. The first-order valence-corrected chi connectivity index (χ1v) is 30.6. The lowest BCUT2D eigenvalue weighted by molar-refractivity contribution is -0.167. The van der Waals surface area contributed by atoms with Gasteiger partial charge in [0.1, 0.15) is 13.2 Å². The zero-order chi connectivity index (χ0) is 50.7. The fourth-order valence-electron chi connectivity index (χ4n) is 9.02. The number of hydrogen-bond acceptors (Lipinski definition) is 6. The standard InChI is InChI=1S/C64H116O6/c1-4-7-10-13-16-19-21-23-25-27-28-29-30-31-32-33-34-35-37-38-40-42-45-48-51-54-57-63(66)69-60-61(59-68-62(65)56-53-50-47-44-18-15-12-9-6-3)70-64(67)58-55-52-49-46-43-41-39-36-26-24-22-20-17-14-11-8-5-2/h8,11,17,20,24,26,39,41,61H,4-7,9-10,12-16,18-19,21-23,25,27-38,40,42-60H2,1-3H3/b11-8-,20-17-,26-24-,41-39-. The molecule has 0 aliphatic carbocycles. The first kappa shape index (κ1) is 67.4. The van der Waals surface area contributed by atoms with Crippen LogP contribution in [0, 0.1) is 0 Å². The van der Waals surface area contributed by atoms with Crippen molar-refractivity contribution in [2.45, 2.75) is 329 Å². The van der Waals surface area contributed by atoms with Crippen molar-refractivity contribution >= 4 is 17.9 Å². The zero-order valence-corrected chi connectivity index (χ0v) is 46.8. The van der Waals surface area contributed by atoms with E-state index in [1.807, 2.05) is 0 Å². The van der Waals surface area contributed by atoms with E-state index in [-0.39, 0.29) is 31.1 Å². The normalized spacial score (nSPS) is 12.3. The summed E-state index contributed by atoms with van der Waals surface area (Å²) in [6.45, 7) is 6.53. The molecule has 0 amide bonds. The molecule has 0 aromatic rings. The summed E-state index contributed by atoms with van der Waals surface area (Å²) in [6, 6.07) is 0. The monoisotopic (exact) mass is 981 g/mol. The Kier molecular flexibility index (Phi) is 56.7. The number of unbranched alkanes of at least 4 members (excludes halogenated alkanes) is 37. The van der Waals surface area contributed by atoms with Gasteiger partial charge in [0.25, 0.3) is 0 Å². The van der Waals surface area contributed by atoms with Gasteiger partial charge in [0.05, 0.1) is 0 Å². The minimum absolute atomic E-state index is 0.0791. The molecule has 6 nitrogen and oxygen atoms in total. The second-order valence-electron chi connectivity index (χ2n) is 20.6. The molecule has 1 unspecified atom stereocenters. The maximum Gasteiger partial charge on any atom is 0.306 e. The summed E-state index contributed by atoms with van der Waals surface area (Å²) in [4.78, 5) is 38.1. The maximum atomic E-state index is 12.8. The van der Waals surface area contributed by atoms with Crippen LogP contribution < -0.4 is 0 Å². The lowest BCUT2D eigenvalue weighted by Gasteiger charge is -2.18. The molecule has 0 aliphatic rings. The van der Waals surface area contributed by atoms with Gasteiger partial charge in [0.15, 0.2) is 6.10 Å². The Hall–Kier alpha value is -2.63. The van der Waals surface area contributed by atoms with Gasteiger partial charge in [-0.05, 0) is 57.8 Å². The van der Waals surface area contributed by atoms with E-state index in [0.29, 0.717) is 19.3 Å². The average molecular weight is 982 g/mol. The second-order valence-corrected chi connectivity index (χ2v) is 20.6. The van der Waals surface area contributed by atoms with Crippen LogP contribution in [-0.2, 0) is 28.6 Å². The molecule has 70 heavy (non-hydrogen) atoms. The van der Waals surface area contributed by atoms with Crippen molar-refractivity contribution in [3.8, 4) is 0 Å². The lowest BCUT2D eigenvalue weighted by atomic mass is 10.0. The van der Waals surface area contributed by atoms with Crippen molar-refractivity contribution in [3.05, 3.63) is 48.6 Å². The Morgan fingerprint density at radius 3 is 0.871 bits per heavy atom. The Balaban J connectivity index is 4.17. The van der Waals surface area contributed by atoms with E-state index < -0.39 is 6.10 Å². The number of rotatable bonds is 56. The predicted molar refractivity (Wildman–Crippen MR) is 302 cm³/mol.